The van der Waals surface area contributed by atoms with E-state index in [1.165, 1.54) is 18.9 Å². The first-order valence-electron chi connectivity index (χ1n) is 12.5. The van der Waals surface area contributed by atoms with Gasteiger partial charge >= 0.3 is 0 Å². The number of halogens is 1. The van der Waals surface area contributed by atoms with Crippen molar-refractivity contribution < 1.29 is 9.13 Å². The lowest BCUT2D eigenvalue weighted by atomic mass is 9.94. The number of anilines is 1. The fourth-order valence-corrected chi connectivity index (χ4v) is 4.93. The number of nitrogens with two attached hydrogens (primary N) is 1. The molecule has 5 nitrogen and oxygen atoms in total. The molecule has 182 valence electrons. The number of pyridine rings is 1. The summed E-state index contributed by atoms with van der Waals surface area (Å²) in [5.41, 5.74) is 9.16. The van der Waals surface area contributed by atoms with E-state index in [1.807, 2.05) is 12.1 Å². The SMILES string of the molecule is CCCC(C)[C@@H](CCO[C@@H]1CNC[C@@H]1Cc1cc(C)cc(N)n1)NCCc1cccc(F)c1. The van der Waals surface area contributed by atoms with Crippen LogP contribution in [0.1, 0.15) is 49.9 Å². The van der Waals surface area contributed by atoms with Crippen LogP contribution in [0.25, 0.3) is 0 Å². The molecule has 1 unspecified atom stereocenters. The van der Waals surface area contributed by atoms with Gasteiger partial charge in [0.25, 0.3) is 0 Å². The zero-order chi connectivity index (χ0) is 23.6. The maximum absolute atomic E-state index is 13.5. The molecule has 6 heteroatoms. The minimum Gasteiger partial charge on any atom is -0.384 e. The van der Waals surface area contributed by atoms with E-state index in [4.69, 9.17) is 10.5 Å². The number of ether oxygens (including phenoxy) is 1. The smallest absolute Gasteiger partial charge is 0.123 e. The number of rotatable bonds is 13. The summed E-state index contributed by atoms with van der Waals surface area (Å²) in [5, 5.41) is 7.20. The minimum atomic E-state index is -0.167. The zero-order valence-corrected chi connectivity index (χ0v) is 20.4. The van der Waals surface area contributed by atoms with E-state index in [9.17, 15) is 4.39 Å². The van der Waals surface area contributed by atoms with Crippen molar-refractivity contribution in [3.05, 3.63) is 59.0 Å². The summed E-state index contributed by atoms with van der Waals surface area (Å²) >= 11 is 0. The number of aryl methyl sites for hydroxylation is 1. The third-order valence-electron chi connectivity index (χ3n) is 6.69. The summed E-state index contributed by atoms with van der Waals surface area (Å²) in [4.78, 5) is 4.51. The van der Waals surface area contributed by atoms with Crippen LogP contribution in [-0.2, 0) is 17.6 Å². The van der Waals surface area contributed by atoms with Gasteiger partial charge in [-0.3, -0.25) is 0 Å². The highest BCUT2D eigenvalue weighted by Crippen LogP contribution is 2.21. The van der Waals surface area contributed by atoms with Crippen LogP contribution in [0.3, 0.4) is 0 Å². The highest BCUT2D eigenvalue weighted by molar-refractivity contribution is 5.34. The molecule has 1 fully saturated rings. The Bertz CT molecular complexity index is 842. The molecule has 4 atom stereocenters. The van der Waals surface area contributed by atoms with E-state index < -0.39 is 0 Å². The Morgan fingerprint density at radius 3 is 2.85 bits per heavy atom. The number of hydrogen-bond donors (Lipinski definition) is 3. The summed E-state index contributed by atoms with van der Waals surface area (Å²) < 4.78 is 19.8. The third kappa shape index (κ3) is 8.36. The van der Waals surface area contributed by atoms with Gasteiger partial charge in [-0.15, -0.1) is 0 Å². The fraction of sp³-hybridized carbons (Fsp3) is 0.593. The molecule has 1 aromatic carbocycles. The second-order valence-electron chi connectivity index (χ2n) is 9.59. The molecule has 1 saturated heterocycles. The lowest BCUT2D eigenvalue weighted by Gasteiger charge is -2.27. The minimum absolute atomic E-state index is 0.167. The van der Waals surface area contributed by atoms with E-state index >= 15 is 0 Å². The molecule has 2 aromatic rings. The van der Waals surface area contributed by atoms with Crippen LogP contribution in [-0.4, -0.2) is 43.4 Å². The summed E-state index contributed by atoms with van der Waals surface area (Å²) in [5.74, 6) is 1.40. The number of nitrogens with zero attached hydrogens (tertiary/aromatic N) is 1. The average molecular weight is 457 g/mol. The largest absolute Gasteiger partial charge is 0.384 e. The van der Waals surface area contributed by atoms with Crippen molar-refractivity contribution in [3.63, 3.8) is 0 Å². The second-order valence-corrected chi connectivity index (χ2v) is 9.59. The van der Waals surface area contributed by atoms with Gasteiger partial charge in [-0.05, 0) is 80.5 Å². The van der Waals surface area contributed by atoms with Gasteiger partial charge in [-0.1, -0.05) is 32.4 Å². The highest BCUT2D eigenvalue weighted by atomic mass is 19.1. The molecular weight excluding hydrogens is 415 g/mol. The van der Waals surface area contributed by atoms with Crippen molar-refractivity contribution in [2.75, 3.05) is 32.0 Å². The zero-order valence-electron chi connectivity index (χ0n) is 20.4. The summed E-state index contributed by atoms with van der Waals surface area (Å²) in [6.07, 6.45) is 5.24. The monoisotopic (exact) mass is 456 g/mol. The molecule has 33 heavy (non-hydrogen) atoms. The van der Waals surface area contributed by atoms with Crippen LogP contribution < -0.4 is 16.4 Å². The molecule has 2 heterocycles. The van der Waals surface area contributed by atoms with Crippen LogP contribution >= 0.6 is 0 Å². The maximum Gasteiger partial charge on any atom is 0.123 e. The third-order valence-corrected chi connectivity index (χ3v) is 6.69. The normalized spacial score (nSPS) is 20.1. The molecule has 0 bridgehead atoms. The van der Waals surface area contributed by atoms with Crippen molar-refractivity contribution in [1.82, 2.24) is 15.6 Å². The molecule has 0 aliphatic carbocycles. The molecule has 3 rings (SSSR count). The Morgan fingerprint density at radius 2 is 2.09 bits per heavy atom. The lowest BCUT2D eigenvalue weighted by Crippen LogP contribution is -2.38. The molecule has 4 N–H and O–H groups in total. The van der Waals surface area contributed by atoms with Crippen molar-refractivity contribution in [1.29, 1.82) is 0 Å². The van der Waals surface area contributed by atoms with E-state index in [0.717, 1.165) is 62.3 Å². The van der Waals surface area contributed by atoms with Gasteiger partial charge < -0.3 is 21.1 Å². The first kappa shape index (κ1) is 25.6. The molecule has 0 saturated carbocycles. The van der Waals surface area contributed by atoms with Crippen molar-refractivity contribution >= 4 is 5.82 Å². The van der Waals surface area contributed by atoms with Gasteiger partial charge in [0.05, 0.1) is 6.10 Å². The standard InChI is InChI=1S/C27H41FN4O/c1-4-6-20(3)25(31-11-9-21-7-5-8-23(28)15-21)10-12-33-26-18-30-17-22(26)16-24-13-19(2)14-27(29)32-24/h5,7-8,13-15,20,22,25-26,30-31H,4,6,9-12,16-18H2,1-3H3,(H2,29,32)/t20?,22-,25+,26+/m0/s1. The van der Waals surface area contributed by atoms with E-state index in [0.29, 0.717) is 23.7 Å². The molecule has 0 amide bonds. The van der Waals surface area contributed by atoms with E-state index in [-0.39, 0.29) is 11.9 Å². The van der Waals surface area contributed by atoms with Crippen LogP contribution in [0.4, 0.5) is 10.2 Å². The van der Waals surface area contributed by atoms with Crippen LogP contribution in [0.15, 0.2) is 36.4 Å². The predicted molar refractivity (Wildman–Crippen MR) is 134 cm³/mol. The molecule has 1 aromatic heterocycles. The Morgan fingerprint density at radius 1 is 1.24 bits per heavy atom. The average Bonchev–Trinajstić information content (AvgIpc) is 3.19. The van der Waals surface area contributed by atoms with Gasteiger partial charge in [0.1, 0.15) is 11.6 Å². The van der Waals surface area contributed by atoms with Gasteiger partial charge in [0, 0.05) is 37.4 Å². The number of nitrogen functional groups attached to an aromatic ring is 1. The van der Waals surface area contributed by atoms with Gasteiger partial charge in [0.15, 0.2) is 0 Å². The molecule has 0 spiro atoms. The quantitative estimate of drug-likeness (QED) is 0.419. The molecular formula is C27H41FN4O. The van der Waals surface area contributed by atoms with Gasteiger partial charge in [-0.25, -0.2) is 9.37 Å². The van der Waals surface area contributed by atoms with Gasteiger partial charge in [-0.2, -0.15) is 0 Å². The lowest BCUT2D eigenvalue weighted by molar-refractivity contribution is 0.0296. The van der Waals surface area contributed by atoms with Crippen LogP contribution in [0.5, 0.6) is 0 Å². The summed E-state index contributed by atoms with van der Waals surface area (Å²) in [6.45, 7) is 10.0. The topological polar surface area (TPSA) is 72.2 Å². The van der Waals surface area contributed by atoms with Crippen LogP contribution in [0.2, 0.25) is 0 Å². The maximum atomic E-state index is 13.5. The van der Waals surface area contributed by atoms with Crippen molar-refractivity contribution in [2.45, 2.75) is 65.0 Å². The van der Waals surface area contributed by atoms with Crippen LogP contribution in [0, 0.1) is 24.6 Å². The first-order chi connectivity index (χ1) is 15.9. The number of nitrogens with one attached hydrogen (secondary N) is 2. The first-order valence-corrected chi connectivity index (χ1v) is 12.5. The Labute approximate surface area is 198 Å². The summed E-state index contributed by atoms with van der Waals surface area (Å²) in [6, 6.07) is 11.3. The summed E-state index contributed by atoms with van der Waals surface area (Å²) in [7, 11) is 0. The highest BCUT2D eigenvalue weighted by Gasteiger charge is 2.29. The number of aromatic nitrogens is 1. The second kappa shape index (κ2) is 13.0. The van der Waals surface area contributed by atoms with E-state index in [1.54, 1.807) is 12.1 Å². The predicted octanol–water partition coefficient (Wildman–Crippen LogP) is 4.29. The fourth-order valence-electron chi connectivity index (χ4n) is 4.93. The Hall–Kier alpha value is -2.02. The van der Waals surface area contributed by atoms with Crippen molar-refractivity contribution in [2.24, 2.45) is 11.8 Å². The number of benzene rings is 1. The molecule has 0 radical (unpaired) electrons. The van der Waals surface area contributed by atoms with Gasteiger partial charge in [0.2, 0.25) is 0 Å². The molecule has 1 aliphatic heterocycles. The van der Waals surface area contributed by atoms with E-state index in [2.05, 4.69) is 42.5 Å². The molecule has 1 aliphatic rings. The van der Waals surface area contributed by atoms with Crippen molar-refractivity contribution in [3.8, 4) is 0 Å². The number of hydrogen-bond acceptors (Lipinski definition) is 5. The Kier molecular flexibility index (Phi) is 10.1. The Balaban J connectivity index is 1.48.